The fraction of sp³-hybridized carbons (Fsp3) is 0.300. The van der Waals surface area contributed by atoms with Gasteiger partial charge in [-0.25, -0.2) is 9.42 Å². The first-order valence-corrected chi connectivity index (χ1v) is 5.24. The van der Waals surface area contributed by atoms with Crippen LogP contribution in [0, 0.1) is 10.1 Å². The van der Waals surface area contributed by atoms with Crippen molar-refractivity contribution >= 4 is 28.4 Å². The Hall–Kier alpha value is -2.71. The number of carboxylic acid groups (broad SMARTS) is 1. The first-order chi connectivity index (χ1) is 8.83. The Morgan fingerprint density at radius 3 is 2.63 bits per heavy atom. The van der Waals surface area contributed by atoms with Crippen LogP contribution in [-0.2, 0) is 4.79 Å². The largest absolute Gasteiger partial charge is 0.480 e. The van der Waals surface area contributed by atoms with Gasteiger partial charge in [-0.2, -0.15) is 0 Å². The number of hydrogen-bond acceptors (Lipinski definition) is 7. The molecule has 100 valence electrons. The van der Waals surface area contributed by atoms with Crippen LogP contribution in [0.1, 0.15) is 13.8 Å². The summed E-state index contributed by atoms with van der Waals surface area (Å²) in [5, 5.41) is 29.6. The molecule has 1 aromatic heterocycles. The molecule has 0 fully saturated rings. The molecule has 0 spiro atoms. The van der Waals surface area contributed by atoms with E-state index < -0.39 is 16.4 Å². The summed E-state index contributed by atoms with van der Waals surface area (Å²) in [7, 11) is 0. The number of nitrogens with one attached hydrogen (secondary N) is 1. The highest BCUT2D eigenvalue weighted by Gasteiger charge is 2.29. The Labute approximate surface area is 106 Å². The van der Waals surface area contributed by atoms with Gasteiger partial charge < -0.3 is 10.4 Å². The summed E-state index contributed by atoms with van der Waals surface area (Å²) in [5.41, 5.74) is -1.13. The summed E-state index contributed by atoms with van der Waals surface area (Å²) in [6.07, 6.45) is 0. The Balaban J connectivity index is 2.52. The molecule has 2 N–H and O–H groups in total. The number of fused-ring (bicyclic) bond motifs is 1. The lowest BCUT2D eigenvalue weighted by Gasteiger charge is -2.22. The number of nitrogens with zero attached hydrogens (tertiary/aromatic N) is 3. The predicted octanol–water partition coefficient (Wildman–Crippen LogP) is 1.41. The number of aliphatic carboxylic acids is 1. The van der Waals surface area contributed by atoms with Crippen molar-refractivity contribution < 1.29 is 19.5 Å². The Bertz CT molecular complexity index is 663. The monoisotopic (exact) mass is 266 g/mol. The van der Waals surface area contributed by atoms with Crippen LogP contribution in [0.2, 0.25) is 0 Å². The molecule has 0 bridgehead atoms. The molecule has 2 rings (SSSR count). The van der Waals surface area contributed by atoms with Crippen molar-refractivity contribution in [1.82, 2.24) is 10.3 Å². The normalized spacial score (nSPS) is 11.5. The van der Waals surface area contributed by atoms with Gasteiger partial charge >= 0.3 is 11.7 Å². The van der Waals surface area contributed by atoms with Gasteiger partial charge in [0.2, 0.25) is 5.52 Å². The van der Waals surface area contributed by atoms with E-state index in [1.807, 2.05) is 0 Å². The zero-order chi connectivity index (χ0) is 14.2. The van der Waals surface area contributed by atoms with Gasteiger partial charge in [-0.3, -0.25) is 10.1 Å². The number of non-ortho nitro benzene ring substituents is 1. The van der Waals surface area contributed by atoms with E-state index in [1.165, 1.54) is 26.0 Å². The van der Waals surface area contributed by atoms with E-state index in [9.17, 15) is 14.9 Å². The van der Waals surface area contributed by atoms with Crippen LogP contribution >= 0.6 is 0 Å². The summed E-state index contributed by atoms with van der Waals surface area (Å²) in [6.45, 7) is 2.91. The third kappa shape index (κ3) is 2.17. The number of benzene rings is 1. The zero-order valence-electron chi connectivity index (χ0n) is 10.1. The van der Waals surface area contributed by atoms with E-state index in [0.717, 1.165) is 0 Å². The highest BCUT2D eigenvalue weighted by atomic mass is 16.6. The summed E-state index contributed by atoms with van der Waals surface area (Å²) in [5.74, 6) is -1.07. The van der Waals surface area contributed by atoms with Crippen LogP contribution in [0.25, 0.3) is 11.0 Å². The Morgan fingerprint density at radius 1 is 1.42 bits per heavy atom. The lowest BCUT2D eigenvalue weighted by atomic mass is 10.1. The minimum absolute atomic E-state index is 0.0313. The van der Waals surface area contributed by atoms with E-state index in [1.54, 1.807) is 0 Å². The lowest BCUT2D eigenvalue weighted by Crippen LogP contribution is -2.40. The van der Waals surface area contributed by atoms with Gasteiger partial charge in [-0.15, -0.1) is 0 Å². The molecular formula is C10H10N4O5. The average Bonchev–Trinajstić information content (AvgIpc) is 2.77. The molecule has 0 aliphatic rings. The smallest absolute Gasteiger partial charge is 0.328 e. The number of carbonyl (C=O) groups is 1. The minimum Gasteiger partial charge on any atom is -0.480 e. The Morgan fingerprint density at radius 2 is 2.05 bits per heavy atom. The van der Waals surface area contributed by atoms with Crippen LogP contribution in [0.15, 0.2) is 16.8 Å². The van der Waals surface area contributed by atoms with Gasteiger partial charge in [-0.05, 0) is 30.2 Å². The number of carboxylic acids is 1. The molecule has 19 heavy (non-hydrogen) atoms. The zero-order valence-corrected chi connectivity index (χ0v) is 10.1. The third-order valence-electron chi connectivity index (χ3n) is 2.57. The maximum atomic E-state index is 11.0. The third-order valence-corrected chi connectivity index (χ3v) is 2.57. The first-order valence-electron chi connectivity index (χ1n) is 5.24. The highest BCUT2D eigenvalue weighted by molar-refractivity contribution is 5.95. The SMILES string of the molecule is CC(C)(Nc1ccc([N+](=O)[O-])c2nonc12)C(=O)O. The number of anilines is 1. The fourth-order valence-electron chi connectivity index (χ4n) is 1.49. The molecule has 1 heterocycles. The van der Waals surface area contributed by atoms with Gasteiger partial charge in [0.05, 0.1) is 10.6 Å². The maximum absolute atomic E-state index is 11.0. The lowest BCUT2D eigenvalue weighted by molar-refractivity contribution is -0.383. The second kappa shape index (κ2) is 4.19. The average molecular weight is 266 g/mol. The number of nitro benzene ring substituents is 1. The predicted molar refractivity (Wildman–Crippen MR) is 63.8 cm³/mol. The quantitative estimate of drug-likeness (QED) is 0.627. The van der Waals surface area contributed by atoms with Gasteiger partial charge in [0.1, 0.15) is 5.54 Å². The van der Waals surface area contributed by atoms with Crippen molar-refractivity contribution in [3.05, 3.63) is 22.2 Å². The molecule has 0 saturated carbocycles. The van der Waals surface area contributed by atoms with Gasteiger partial charge in [0.15, 0.2) is 5.52 Å². The molecule has 9 heteroatoms. The van der Waals surface area contributed by atoms with E-state index in [0.29, 0.717) is 5.69 Å². The van der Waals surface area contributed by atoms with Crippen LogP contribution in [0.5, 0.6) is 0 Å². The maximum Gasteiger partial charge on any atom is 0.328 e. The van der Waals surface area contributed by atoms with Gasteiger partial charge in [0.25, 0.3) is 0 Å². The molecule has 0 radical (unpaired) electrons. The minimum atomic E-state index is -1.26. The summed E-state index contributed by atoms with van der Waals surface area (Å²) >= 11 is 0. The molecule has 0 saturated heterocycles. The first kappa shape index (κ1) is 12.7. The standard InChI is InChI=1S/C10H10N4O5/c1-10(2,9(15)16)11-5-3-4-6(14(17)18)8-7(5)12-19-13-8/h3-4,11H,1-2H3,(H,15,16). The number of aromatic nitrogens is 2. The highest BCUT2D eigenvalue weighted by Crippen LogP contribution is 2.30. The van der Waals surface area contributed by atoms with Crippen molar-refractivity contribution in [2.24, 2.45) is 0 Å². The molecule has 9 nitrogen and oxygen atoms in total. The van der Waals surface area contributed by atoms with Gasteiger partial charge in [-0.1, -0.05) is 0 Å². The van der Waals surface area contributed by atoms with Crippen molar-refractivity contribution in [3.8, 4) is 0 Å². The number of rotatable bonds is 4. The van der Waals surface area contributed by atoms with Crippen molar-refractivity contribution in [3.63, 3.8) is 0 Å². The summed E-state index contributed by atoms with van der Waals surface area (Å²) < 4.78 is 4.48. The molecule has 0 atom stereocenters. The number of nitro groups is 1. The summed E-state index contributed by atoms with van der Waals surface area (Å²) in [6, 6.07) is 2.59. The topological polar surface area (TPSA) is 131 Å². The molecule has 1 aromatic carbocycles. The van der Waals surface area contributed by atoms with Crippen molar-refractivity contribution in [2.45, 2.75) is 19.4 Å². The second-order valence-corrected chi connectivity index (χ2v) is 4.41. The molecule has 0 unspecified atom stereocenters. The fourth-order valence-corrected chi connectivity index (χ4v) is 1.49. The molecule has 0 amide bonds. The molecule has 2 aromatic rings. The van der Waals surface area contributed by atoms with Crippen LogP contribution in [-0.4, -0.2) is 31.9 Å². The van der Waals surface area contributed by atoms with Gasteiger partial charge in [0, 0.05) is 6.07 Å². The van der Waals surface area contributed by atoms with E-state index in [-0.39, 0.29) is 16.7 Å². The van der Waals surface area contributed by atoms with Crippen LogP contribution in [0.4, 0.5) is 11.4 Å². The molecular weight excluding hydrogens is 256 g/mol. The van der Waals surface area contributed by atoms with Crippen LogP contribution in [0.3, 0.4) is 0 Å². The second-order valence-electron chi connectivity index (χ2n) is 4.41. The Kier molecular flexibility index (Phi) is 2.81. The van der Waals surface area contributed by atoms with Crippen molar-refractivity contribution in [2.75, 3.05) is 5.32 Å². The summed E-state index contributed by atoms with van der Waals surface area (Å²) in [4.78, 5) is 21.2. The number of hydrogen-bond donors (Lipinski definition) is 2. The molecule has 0 aliphatic carbocycles. The van der Waals surface area contributed by atoms with Crippen molar-refractivity contribution in [1.29, 1.82) is 0 Å². The van der Waals surface area contributed by atoms with E-state index >= 15 is 0 Å². The van der Waals surface area contributed by atoms with E-state index in [2.05, 4.69) is 20.3 Å². The van der Waals surface area contributed by atoms with Crippen LogP contribution < -0.4 is 5.32 Å². The molecule has 0 aliphatic heterocycles. The van der Waals surface area contributed by atoms with E-state index in [4.69, 9.17) is 5.11 Å².